The Morgan fingerprint density at radius 3 is 1.45 bits per heavy atom. The van der Waals surface area contributed by atoms with Gasteiger partial charge in [0.05, 0.1) is 6.10 Å². The fourth-order valence-corrected chi connectivity index (χ4v) is 2.14. The molecule has 1 heteroatoms. The Balaban J connectivity index is 4.46. The first-order valence-corrected chi connectivity index (χ1v) is 4.69. The fraction of sp³-hybridized carbons (Fsp3) is 1.00. The van der Waals surface area contributed by atoms with Crippen LogP contribution in [0.1, 0.15) is 47.5 Å². The van der Waals surface area contributed by atoms with Crippen molar-refractivity contribution in [2.45, 2.75) is 53.6 Å². The van der Waals surface area contributed by atoms with E-state index < -0.39 is 0 Å². The molecular formula is C10H22O. The molecule has 0 saturated carbocycles. The van der Waals surface area contributed by atoms with E-state index in [1.54, 1.807) is 0 Å². The Morgan fingerprint density at radius 2 is 1.45 bits per heavy atom. The smallest absolute Gasteiger partial charge is 0.0570 e. The van der Waals surface area contributed by atoms with Gasteiger partial charge in [-0.15, -0.1) is 0 Å². The lowest BCUT2D eigenvalue weighted by Gasteiger charge is -2.38. The Morgan fingerprint density at radius 1 is 1.09 bits per heavy atom. The summed E-state index contributed by atoms with van der Waals surface area (Å²) < 4.78 is 0. The molecule has 0 aromatic heterocycles. The highest BCUT2D eigenvalue weighted by atomic mass is 16.3. The molecule has 0 bridgehead atoms. The average molecular weight is 158 g/mol. The fourth-order valence-electron chi connectivity index (χ4n) is 2.14. The van der Waals surface area contributed by atoms with Crippen LogP contribution >= 0.6 is 0 Å². The van der Waals surface area contributed by atoms with Crippen LogP contribution in [0.4, 0.5) is 0 Å². The van der Waals surface area contributed by atoms with E-state index in [9.17, 15) is 5.11 Å². The second-order valence-electron chi connectivity index (χ2n) is 3.77. The van der Waals surface area contributed by atoms with Gasteiger partial charge in [0.25, 0.3) is 0 Å². The van der Waals surface area contributed by atoms with E-state index in [0.29, 0.717) is 5.92 Å². The molecule has 0 aliphatic heterocycles. The number of hydrogen-bond acceptors (Lipinski definition) is 1. The largest absolute Gasteiger partial charge is 0.393 e. The molecule has 1 nitrogen and oxygen atoms in total. The lowest BCUT2D eigenvalue weighted by molar-refractivity contribution is -0.00479. The number of aliphatic hydroxyl groups excluding tert-OH is 1. The minimum Gasteiger partial charge on any atom is -0.393 e. The first-order chi connectivity index (χ1) is 5.01. The normalized spacial score (nSPS) is 15.5. The van der Waals surface area contributed by atoms with Gasteiger partial charge in [-0.2, -0.15) is 0 Å². The summed E-state index contributed by atoms with van der Waals surface area (Å²) in [5.41, 5.74) is 0.139. The third-order valence-corrected chi connectivity index (χ3v) is 3.30. The van der Waals surface area contributed by atoms with Crippen LogP contribution in [-0.2, 0) is 0 Å². The van der Waals surface area contributed by atoms with Gasteiger partial charge in [-0.05, 0) is 31.1 Å². The molecule has 0 aromatic rings. The van der Waals surface area contributed by atoms with Crippen molar-refractivity contribution >= 4 is 0 Å². The zero-order valence-electron chi connectivity index (χ0n) is 8.52. The molecule has 0 aliphatic carbocycles. The van der Waals surface area contributed by atoms with Crippen LogP contribution in [-0.4, -0.2) is 11.2 Å². The second-order valence-corrected chi connectivity index (χ2v) is 3.77. The Hall–Kier alpha value is -0.0400. The Kier molecular flexibility index (Phi) is 4.09. The molecule has 1 N–H and O–H groups in total. The molecule has 0 aliphatic rings. The van der Waals surface area contributed by atoms with Crippen molar-refractivity contribution in [2.75, 3.05) is 0 Å². The first kappa shape index (κ1) is 11.0. The van der Waals surface area contributed by atoms with Crippen LogP contribution < -0.4 is 0 Å². The van der Waals surface area contributed by atoms with Gasteiger partial charge in [-0.3, -0.25) is 0 Å². The van der Waals surface area contributed by atoms with Crippen molar-refractivity contribution in [3.63, 3.8) is 0 Å². The van der Waals surface area contributed by atoms with Crippen LogP contribution in [0.3, 0.4) is 0 Å². The molecule has 0 radical (unpaired) electrons. The molecule has 0 heterocycles. The molecule has 0 spiro atoms. The van der Waals surface area contributed by atoms with E-state index in [1.807, 2.05) is 6.92 Å². The van der Waals surface area contributed by atoms with Gasteiger partial charge >= 0.3 is 0 Å². The summed E-state index contributed by atoms with van der Waals surface area (Å²) >= 11 is 0. The monoisotopic (exact) mass is 158 g/mol. The standard InChI is InChI=1S/C10H22O/c1-6-10(7-2,8(3)4)9(5)11/h8-9,11H,6-7H2,1-5H3. The van der Waals surface area contributed by atoms with Crippen LogP contribution in [0.2, 0.25) is 0 Å². The van der Waals surface area contributed by atoms with Crippen LogP contribution in [0.25, 0.3) is 0 Å². The number of aliphatic hydroxyl groups is 1. The zero-order chi connectivity index (χ0) is 9.07. The topological polar surface area (TPSA) is 20.2 Å². The lowest BCUT2D eigenvalue weighted by atomic mass is 9.69. The molecule has 1 atom stereocenters. The third kappa shape index (κ3) is 1.96. The Bertz CT molecular complexity index is 91.4. The predicted molar refractivity (Wildman–Crippen MR) is 49.5 cm³/mol. The molecule has 0 amide bonds. The van der Waals surface area contributed by atoms with Crippen molar-refractivity contribution in [2.24, 2.45) is 11.3 Å². The maximum atomic E-state index is 9.63. The molecule has 0 fully saturated rings. The summed E-state index contributed by atoms with van der Waals surface area (Å²) in [6.07, 6.45) is 1.95. The second kappa shape index (κ2) is 4.10. The highest BCUT2D eigenvalue weighted by Gasteiger charge is 2.34. The maximum Gasteiger partial charge on any atom is 0.0570 e. The van der Waals surface area contributed by atoms with Crippen molar-refractivity contribution in [1.82, 2.24) is 0 Å². The van der Waals surface area contributed by atoms with Crippen LogP contribution in [0.5, 0.6) is 0 Å². The maximum absolute atomic E-state index is 9.63. The van der Waals surface area contributed by atoms with E-state index in [2.05, 4.69) is 27.7 Å². The molecule has 0 saturated heterocycles. The van der Waals surface area contributed by atoms with E-state index >= 15 is 0 Å². The third-order valence-electron chi connectivity index (χ3n) is 3.30. The van der Waals surface area contributed by atoms with E-state index in [4.69, 9.17) is 0 Å². The zero-order valence-corrected chi connectivity index (χ0v) is 8.52. The average Bonchev–Trinajstić information content (AvgIpc) is 1.90. The lowest BCUT2D eigenvalue weighted by Crippen LogP contribution is -2.36. The van der Waals surface area contributed by atoms with E-state index in [1.165, 1.54) is 0 Å². The van der Waals surface area contributed by atoms with Crippen molar-refractivity contribution < 1.29 is 5.11 Å². The predicted octanol–water partition coefficient (Wildman–Crippen LogP) is 2.83. The van der Waals surface area contributed by atoms with Gasteiger partial charge in [0, 0.05) is 0 Å². The summed E-state index contributed by atoms with van der Waals surface area (Å²) in [6.45, 7) is 10.6. The van der Waals surface area contributed by atoms with E-state index in [0.717, 1.165) is 12.8 Å². The van der Waals surface area contributed by atoms with Crippen LogP contribution in [0.15, 0.2) is 0 Å². The van der Waals surface area contributed by atoms with Crippen molar-refractivity contribution in [3.8, 4) is 0 Å². The quantitative estimate of drug-likeness (QED) is 0.667. The number of hydrogen-bond donors (Lipinski definition) is 1. The Labute approximate surface area is 70.8 Å². The van der Waals surface area contributed by atoms with Gasteiger partial charge in [0.15, 0.2) is 0 Å². The molecular weight excluding hydrogens is 136 g/mol. The van der Waals surface area contributed by atoms with Gasteiger partial charge < -0.3 is 5.11 Å². The number of rotatable bonds is 4. The van der Waals surface area contributed by atoms with E-state index in [-0.39, 0.29) is 11.5 Å². The summed E-state index contributed by atoms with van der Waals surface area (Å²) in [6, 6.07) is 0. The summed E-state index contributed by atoms with van der Waals surface area (Å²) in [7, 11) is 0. The summed E-state index contributed by atoms with van der Waals surface area (Å²) in [4.78, 5) is 0. The minimum atomic E-state index is -0.183. The van der Waals surface area contributed by atoms with Gasteiger partial charge in [0.1, 0.15) is 0 Å². The molecule has 11 heavy (non-hydrogen) atoms. The molecule has 0 rings (SSSR count). The molecule has 1 unspecified atom stereocenters. The van der Waals surface area contributed by atoms with Crippen LogP contribution in [0, 0.1) is 11.3 Å². The molecule has 68 valence electrons. The van der Waals surface area contributed by atoms with Crippen molar-refractivity contribution in [1.29, 1.82) is 0 Å². The first-order valence-electron chi connectivity index (χ1n) is 4.69. The molecule has 0 aromatic carbocycles. The minimum absolute atomic E-state index is 0.139. The highest BCUT2D eigenvalue weighted by Crippen LogP contribution is 2.38. The SMILES string of the molecule is CCC(CC)(C(C)C)C(C)O. The highest BCUT2D eigenvalue weighted by molar-refractivity contribution is 4.84. The van der Waals surface area contributed by atoms with Gasteiger partial charge in [-0.1, -0.05) is 27.7 Å². The van der Waals surface area contributed by atoms with Crippen molar-refractivity contribution in [3.05, 3.63) is 0 Å². The summed E-state index contributed by atoms with van der Waals surface area (Å²) in [5, 5.41) is 9.63. The summed E-state index contributed by atoms with van der Waals surface area (Å²) in [5.74, 6) is 0.567. The van der Waals surface area contributed by atoms with Gasteiger partial charge in [-0.25, -0.2) is 0 Å². The van der Waals surface area contributed by atoms with Gasteiger partial charge in [0.2, 0.25) is 0 Å².